The average Bonchev–Trinajstić information content (AvgIpc) is 2.89. The summed E-state index contributed by atoms with van der Waals surface area (Å²) in [5.74, 6) is -2.66. The van der Waals surface area contributed by atoms with Crippen LogP contribution in [0, 0.1) is 5.82 Å². The summed E-state index contributed by atoms with van der Waals surface area (Å²) in [7, 11) is -3.98. The van der Waals surface area contributed by atoms with Crippen LogP contribution in [0.5, 0.6) is 0 Å². The van der Waals surface area contributed by atoms with Gasteiger partial charge in [-0.05, 0) is 54.6 Å². The molecule has 0 spiro atoms. The molecule has 1 heterocycles. The van der Waals surface area contributed by atoms with Crippen molar-refractivity contribution in [3.8, 4) is 0 Å². The van der Waals surface area contributed by atoms with E-state index >= 15 is 0 Å². The zero-order valence-corrected chi connectivity index (χ0v) is 20.4. The maximum Gasteiger partial charge on any atom is 0.416 e. The number of hydrogen-bond donors (Lipinski definition) is 2. The van der Waals surface area contributed by atoms with Crippen molar-refractivity contribution in [2.24, 2.45) is 0 Å². The molecule has 1 aliphatic rings. The number of alkyl halides is 3. The van der Waals surface area contributed by atoms with E-state index in [0.29, 0.717) is 0 Å². The molecule has 2 amide bonds. The van der Waals surface area contributed by atoms with Gasteiger partial charge in [0.15, 0.2) is 0 Å². The summed E-state index contributed by atoms with van der Waals surface area (Å²) in [6, 6.07) is 12.4. The second-order valence-electron chi connectivity index (χ2n) is 8.23. The molecule has 2 N–H and O–H groups in total. The van der Waals surface area contributed by atoms with Crippen LogP contribution in [-0.2, 0) is 20.9 Å². The molecular formula is C25H21F4N3O5S. The lowest BCUT2D eigenvalue weighted by molar-refractivity contribution is -0.137. The van der Waals surface area contributed by atoms with Crippen molar-refractivity contribution >= 4 is 33.2 Å². The lowest BCUT2D eigenvalue weighted by atomic mass is 10.1. The highest BCUT2D eigenvalue weighted by Crippen LogP contribution is 2.31. The number of halogens is 4. The highest BCUT2D eigenvalue weighted by Gasteiger charge is 2.31. The highest BCUT2D eigenvalue weighted by atomic mass is 32.2. The van der Waals surface area contributed by atoms with Gasteiger partial charge in [-0.2, -0.15) is 17.5 Å². The van der Waals surface area contributed by atoms with Gasteiger partial charge in [-0.3, -0.25) is 9.59 Å². The monoisotopic (exact) mass is 551 g/mol. The molecule has 0 unspecified atom stereocenters. The second-order valence-corrected chi connectivity index (χ2v) is 10.2. The minimum absolute atomic E-state index is 0.00401. The molecule has 8 nitrogen and oxygen atoms in total. The number of nitrogens with one attached hydrogen (secondary N) is 2. The number of hydrogen-bond acceptors (Lipinski definition) is 5. The molecule has 13 heteroatoms. The third-order valence-electron chi connectivity index (χ3n) is 5.62. The fourth-order valence-corrected chi connectivity index (χ4v) is 5.12. The third kappa shape index (κ3) is 6.18. The molecule has 0 bridgehead atoms. The summed E-state index contributed by atoms with van der Waals surface area (Å²) in [5, 5.41) is 4.76. The van der Waals surface area contributed by atoms with E-state index < -0.39 is 45.0 Å². The first kappa shape index (κ1) is 27.2. The SMILES string of the molecule is O=C(Nc1cccc(C(F)(F)F)c1)c1cccc(NC(=O)c2cc(S(=O)(=O)N3CCOCC3)ccc2F)c1. The molecule has 1 saturated heterocycles. The van der Waals surface area contributed by atoms with Crippen LogP contribution in [0.3, 0.4) is 0 Å². The Kier molecular flexibility index (Phi) is 7.81. The van der Waals surface area contributed by atoms with E-state index in [9.17, 15) is 35.6 Å². The Morgan fingerprint density at radius 3 is 2.16 bits per heavy atom. The van der Waals surface area contributed by atoms with Gasteiger partial charge in [0.2, 0.25) is 10.0 Å². The van der Waals surface area contributed by atoms with Crippen molar-refractivity contribution in [2.75, 3.05) is 36.9 Å². The number of ether oxygens (including phenoxy) is 1. The number of sulfonamides is 1. The van der Waals surface area contributed by atoms with Crippen LogP contribution >= 0.6 is 0 Å². The van der Waals surface area contributed by atoms with Gasteiger partial charge in [-0.15, -0.1) is 0 Å². The van der Waals surface area contributed by atoms with E-state index in [1.807, 2.05) is 0 Å². The molecular weight excluding hydrogens is 530 g/mol. The Hall–Kier alpha value is -3.81. The predicted octanol–water partition coefficient (Wildman–Crippen LogP) is 4.37. The minimum Gasteiger partial charge on any atom is -0.379 e. The van der Waals surface area contributed by atoms with Crippen molar-refractivity contribution in [3.63, 3.8) is 0 Å². The van der Waals surface area contributed by atoms with Crippen LogP contribution in [-0.4, -0.2) is 50.8 Å². The van der Waals surface area contributed by atoms with Crippen LogP contribution in [0.2, 0.25) is 0 Å². The fourth-order valence-electron chi connectivity index (χ4n) is 3.69. The molecule has 3 aromatic rings. The van der Waals surface area contributed by atoms with Gasteiger partial charge in [0.25, 0.3) is 11.8 Å². The van der Waals surface area contributed by atoms with Crippen LogP contribution in [0.4, 0.5) is 28.9 Å². The third-order valence-corrected chi connectivity index (χ3v) is 7.52. The van der Waals surface area contributed by atoms with Crippen molar-refractivity contribution in [1.29, 1.82) is 0 Å². The number of carbonyl (C=O) groups excluding carboxylic acids is 2. The van der Waals surface area contributed by atoms with Crippen LogP contribution < -0.4 is 10.6 Å². The Morgan fingerprint density at radius 2 is 1.47 bits per heavy atom. The summed E-state index contributed by atoms with van der Waals surface area (Å²) in [6.45, 7) is 0.671. The summed E-state index contributed by atoms with van der Waals surface area (Å²) in [6.07, 6.45) is -4.58. The number of carbonyl (C=O) groups is 2. The zero-order valence-electron chi connectivity index (χ0n) is 19.6. The first-order chi connectivity index (χ1) is 17.9. The molecule has 200 valence electrons. The van der Waals surface area contributed by atoms with Gasteiger partial charge in [0.1, 0.15) is 5.82 Å². The number of nitrogens with zero attached hydrogens (tertiary/aromatic N) is 1. The van der Waals surface area contributed by atoms with E-state index in [1.54, 1.807) is 0 Å². The zero-order chi connectivity index (χ0) is 27.5. The van der Waals surface area contributed by atoms with Crippen LogP contribution in [0.1, 0.15) is 26.3 Å². The Bertz CT molecular complexity index is 1470. The molecule has 0 aromatic heterocycles. The van der Waals surface area contributed by atoms with Crippen molar-refractivity contribution in [3.05, 3.63) is 89.2 Å². The van der Waals surface area contributed by atoms with Gasteiger partial charge in [0, 0.05) is 30.0 Å². The normalized spacial score (nSPS) is 14.6. The number of anilines is 2. The van der Waals surface area contributed by atoms with Gasteiger partial charge in [-0.1, -0.05) is 12.1 Å². The lowest BCUT2D eigenvalue weighted by Gasteiger charge is -2.26. The average molecular weight is 552 g/mol. The molecule has 3 aromatic carbocycles. The largest absolute Gasteiger partial charge is 0.416 e. The predicted molar refractivity (Wildman–Crippen MR) is 130 cm³/mol. The van der Waals surface area contributed by atoms with Crippen molar-refractivity contribution < 1.29 is 40.3 Å². The van der Waals surface area contributed by atoms with Crippen molar-refractivity contribution in [1.82, 2.24) is 4.31 Å². The van der Waals surface area contributed by atoms with Crippen LogP contribution in [0.15, 0.2) is 71.6 Å². The number of amides is 2. The molecule has 0 atom stereocenters. The lowest BCUT2D eigenvalue weighted by Crippen LogP contribution is -2.40. The van der Waals surface area contributed by atoms with E-state index in [4.69, 9.17) is 4.74 Å². The smallest absolute Gasteiger partial charge is 0.379 e. The van der Waals surface area contributed by atoms with E-state index in [1.165, 1.54) is 34.6 Å². The molecule has 1 aliphatic heterocycles. The minimum atomic E-state index is -4.58. The first-order valence-corrected chi connectivity index (χ1v) is 12.7. The molecule has 0 aliphatic carbocycles. The highest BCUT2D eigenvalue weighted by molar-refractivity contribution is 7.89. The molecule has 0 radical (unpaired) electrons. The van der Waals surface area contributed by atoms with Gasteiger partial charge >= 0.3 is 6.18 Å². The Morgan fingerprint density at radius 1 is 0.842 bits per heavy atom. The summed E-state index contributed by atoms with van der Waals surface area (Å²) >= 11 is 0. The van der Waals surface area contributed by atoms with Gasteiger partial charge in [0.05, 0.1) is 29.2 Å². The number of rotatable bonds is 6. The Balaban J connectivity index is 1.51. The topological polar surface area (TPSA) is 105 Å². The Labute approximate surface area is 215 Å². The summed E-state index contributed by atoms with van der Waals surface area (Å²) in [5.41, 5.74) is -1.47. The molecule has 1 fully saturated rings. The number of benzene rings is 3. The first-order valence-electron chi connectivity index (χ1n) is 11.2. The van der Waals surface area contributed by atoms with E-state index in [2.05, 4.69) is 10.6 Å². The van der Waals surface area contributed by atoms with E-state index in [0.717, 1.165) is 36.4 Å². The molecule has 38 heavy (non-hydrogen) atoms. The molecule has 4 rings (SSSR count). The summed E-state index contributed by atoms with van der Waals surface area (Å²) < 4.78 is 85.4. The second kappa shape index (κ2) is 10.9. The fraction of sp³-hybridized carbons (Fsp3) is 0.200. The van der Waals surface area contributed by atoms with Gasteiger partial charge < -0.3 is 15.4 Å². The molecule has 0 saturated carbocycles. The van der Waals surface area contributed by atoms with Crippen molar-refractivity contribution in [2.45, 2.75) is 11.1 Å². The maximum atomic E-state index is 14.5. The standard InChI is InChI=1S/C25H21F4N3O5S/c26-22-8-7-20(38(35,36)32-9-11-37-12-10-32)15-21(22)24(34)31-18-5-1-3-16(13-18)23(33)30-19-6-2-4-17(14-19)25(27,28)29/h1-8,13-15H,9-12H2,(H,30,33)(H,31,34). The maximum absolute atomic E-state index is 14.5. The van der Waals surface area contributed by atoms with Gasteiger partial charge in [-0.25, -0.2) is 12.8 Å². The van der Waals surface area contributed by atoms with Crippen LogP contribution in [0.25, 0.3) is 0 Å². The van der Waals surface area contributed by atoms with E-state index in [-0.39, 0.29) is 48.1 Å². The summed E-state index contributed by atoms with van der Waals surface area (Å²) in [4.78, 5) is 25.1. The number of morpholine rings is 1. The quantitative estimate of drug-likeness (QED) is 0.443.